The molecule has 25 heavy (non-hydrogen) atoms. The third kappa shape index (κ3) is 7.86. The molecule has 1 aromatic heterocycles. The molecule has 2 unspecified atom stereocenters. The lowest BCUT2D eigenvalue weighted by Gasteiger charge is -2.27. The van der Waals surface area contributed by atoms with Crippen molar-refractivity contribution < 1.29 is 14.3 Å². The topological polar surface area (TPSA) is 80.3 Å². The molecule has 6 nitrogen and oxygen atoms in total. The van der Waals surface area contributed by atoms with Crippen molar-refractivity contribution in [3.8, 4) is 0 Å². The van der Waals surface area contributed by atoms with Gasteiger partial charge in [0.1, 0.15) is 16.7 Å². The minimum absolute atomic E-state index is 0.0662. The van der Waals surface area contributed by atoms with Crippen molar-refractivity contribution in [2.75, 3.05) is 0 Å². The number of thiazole rings is 1. The van der Waals surface area contributed by atoms with Gasteiger partial charge in [-0.05, 0) is 39.0 Å². The molecule has 0 radical (unpaired) electrons. The van der Waals surface area contributed by atoms with E-state index in [9.17, 15) is 9.59 Å². The molecule has 0 spiro atoms. The van der Waals surface area contributed by atoms with E-state index in [1.807, 2.05) is 19.2 Å². The molecule has 2 atom stereocenters. The number of aromatic nitrogens is 1. The number of hydrogen-bond acceptors (Lipinski definition) is 5. The van der Waals surface area contributed by atoms with Gasteiger partial charge in [-0.2, -0.15) is 0 Å². The number of carbonyl (C=O) groups excluding carboxylic acids is 2. The smallest absolute Gasteiger partial charge is 0.408 e. The highest BCUT2D eigenvalue weighted by molar-refractivity contribution is 7.09. The van der Waals surface area contributed by atoms with Crippen LogP contribution in [0.3, 0.4) is 0 Å². The summed E-state index contributed by atoms with van der Waals surface area (Å²) in [5, 5.41) is 8.50. The molecule has 2 amide bonds. The Morgan fingerprint density at radius 2 is 1.84 bits per heavy atom. The van der Waals surface area contributed by atoms with Gasteiger partial charge in [0.15, 0.2) is 0 Å². The third-order valence-corrected chi connectivity index (χ3v) is 4.28. The zero-order valence-electron chi connectivity index (χ0n) is 16.3. The van der Waals surface area contributed by atoms with Crippen LogP contribution in [0, 0.1) is 11.8 Å². The number of carbonyl (C=O) groups is 2. The molecule has 0 aliphatic heterocycles. The predicted octanol–water partition coefficient (Wildman–Crippen LogP) is 3.90. The fraction of sp³-hybridized carbons (Fsp3) is 0.722. The van der Waals surface area contributed by atoms with Gasteiger partial charge in [0.05, 0.1) is 6.04 Å². The summed E-state index contributed by atoms with van der Waals surface area (Å²) in [4.78, 5) is 29.1. The van der Waals surface area contributed by atoms with E-state index < -0.39 is 17.7 Å². The molecule has 1 rings (SSSR count). The highest BCUT2D eigenvalue weighted by atomic mass is 32.1. The SMILES string of the molecule is CC(C)CC(NC(=O)C(NC(=O)OC(C)(C)C)C(C)C)c1nccs1. The predicted molar refractivity (Wildman–Crippen MR) is 100 cm³/mol. The largest absolute Gasteiger partial charge is 0.444 e. The zero-order chi connectivity index (χ0) is 19.2. The lowest BCUT2D eigenvalue weighted by atomic mass is 10.0. The van der Waals surface area contributed by atoms with Gasteiger partial charge in [0, 0.05) is 11.6 Å². The van der Waals surface area contributed by atoms with Crippen molar-refractivity contribution in [1.29, 1.82) is 0 Å². The van der Waals surface area contributed by atoms with Crippen LogP contribution in [-0.4, -0.2) is 28.6 Å². The molecule has 142 valence electrons. The van der Waals surface area contributed by atoms with Gasteiger partial charge in [0.2, 0.25) is 5.91 Å². The van der Waals surface area contributed by atoms with Gasteiger partial charge in [-0.15, -0.1) is 11.3 Å². The number of nitrogens with zero attached hydrogens (tertiary/aromatic N) is 1. The molecule has 7 heteroatoms. The minimum atomic E-state index is -0.663. The molecule has 2 N–H and O–H groups in total. The minimum Gasteiger partial charge on any atom is -0.444 e. The fourth-order valence-electron chi connectivity index (χ4n) is 2.33. The van der Waals surface area contributed by atoms with E-state index in [-0.39, 0.29) is 17.9 Å². The monoisotopic (exact) mass is 369 g/mol. The molecule has 0 fully saturated rings. The first-order chi connectivity index (χ1) is 11.5. The summed E-state index contributed by atoms with van der Waals surface area (Å²) in [6.45, 7) is 13.4. The third-order valence-electron chi connectivity index (χ3n) is 3.39. The number of rotatable bonds is 7. The van der Waals surface area contributed by atoms with Crippen LogP contribution in [0.15, 0.2) is 11.6 Å². The first-order valence-electron chi connectivity index (χ1n) is 8.69. The number of hydrogen-bond donors (Lipinski definition) is 2. The molecule has 0 aliphatic rings. The second-order valence-corrected chi connectivity index (χ2v) is 8.86. The molecule has 1 heterocycles. The van der Waals surface area contributed by atoms with Gasteiger partial charge in [0.25, 0.3) is 0 Å². The van der Waals surface area contributed by atoms with Crippen LogP contribution in [-0.2, 0) is 9.53 Å². The van der Waals surface area contributed by atoms with E-state index in [0.717, 1.165) is 11.4 Å². The molecule has 0 saturated heterocycles. The van der Waals surface area contributed by atoms with Gasteiger partial charge in [-0.3, -0.25) is 4.79 Å². The Kier molecular flexibility index (Phi) is 7.86. The Morgan fingerprint density at radius 3 is 2.28 bits per heavy atom. The molecule has 0 aliphatic carbocycles. The van der Waals surface area contributed by atoms with Crippen LogP contribution >= 0.6 is 11.3 Å². The normalized spacial score (nSPS) is 14.3. The van der Waals surface area contributed by atoms with Crippen LogP contribution < -0.4 is 10.6 Å². The Morgan fingerprint density at radius 1 is 1.20 bits per heavy atom. The molecule has 1 aromatic rings. The molecule has 0 saturated carbocycles. The number of nitrogens with one attached hydrogen (secondary N) is 2. The lowest BCUT2D eigenvalue weighted by molar-refractivity contribution is -0.125. The maximum absolute atomic E-state index is 12.8. The Balaban J connectivity index is 2.81. The van der Waals surface area contributed by atoms with Gasteiger partial charge >= 0.3 is 6.09 Å². The number of ether oxygens (including phenoxy) is 1. The van der Waals surface area contributed by atoms with Crippen molar-refractivity contribution >= 4 is 23.3 Å². The Hall–Kier alpha value is -1.63. The summed E-state index contributed by atoms with van der Waals surface area (Å²) in [6.07, 6.45) is 1.94. The van der Waals surface area contributed by atoms with E-state index in [1.165, 1.54) is 11.3 Å². The van der Waals surface area contributed by atoms with Crippen LogP contribution in [0.25, 0.3) is 0 Å². The van der Waals surface area contributed by atoms with Crippen LogP contribution in [0.2, 0.25) is 0 Å². The maximum Gasteiger partial charge on any atom is 0.408 e. The Labute approximate surface area is 154 Å². The molecular weight excluding hydrogens is 338 g/mol. The Bertz CT molecular complexity index is 550. The standard InChI is InChI=1S/C18H31N3O3S/c1-11(2)10-13(16-19-8-9-25-16)20-15(22)14(12(3)4)21-17(23)24-18(5,6)7/h8-9,11-14H,10H2,1-7H3,(H,20,22)(H,21,23). The summed E-state index contributed by atoms with van der Waals surface area (Å²) in [7, 11) is 0. The van der Waals surface area contributed by atoms with Crippen molar-refractivity contribution in [2.24, 2.45) is 11.8 Å². The second-order valence-electron chi connectivity index (χ2n) is 7.93. The van der Waals surface area contributed by atoms with Gasteiger partial charge in [-0.25, -0.2) is 9.78 Å². The second kappa shape index (κ2) is 9.17. The average molecular weight is 370 g/mol. The summed E-state index contributed by atoms with van der Waals surface area (Å²) in [5.74, 6) is 0.121. The maximum atomic E-state index is 12.8. The van der Waals surface area contributed by atoms with Crippen molar-refractivity contribution in [1.82, 2.24) is 15.6 Å². The van der Waals surface area contributed by atoms with Crippen LogP contribution in [0.1, 0.15) is 65.9 Å². The quantitative estimate of drug-likeness (QED) is 0.764. The molecule has 0 bridgehead atoms. The lowest BCUT2D eigenvalue weighted by Crippen LogP contribution is -2.51. The van der Waals surface area contributed by atoms with Crippen molar-refractivity contribution in [2.45, 2.75) is 72.6 Å². The van der Waals surface area contributed by atoms with Gasteiger partial charge in [-0.1, -0.05) is 27.7 Å². The highest BCUT2D eigenvalue weighted by Crippen LogP contribution is 2.23. The van der Waals surface area contributed by atoms with E-state index in [1.54, 1.807) is 27.0 Å². The van der Waals surface area contributed by atoms with Crippen LogP contribution in [0.4, 0.5) is 4.79 Å². The molecular formula is C18H31N3O3S. The molecule has 0 aromatic carbocycles. The van der Waals surface area contributed by atoms with Crippen molar-refractivity contribution in [3.63, 3.8) is 0 Å². The number of alkyl carbamates (subject to hydrolysis) is 1. The summed E-state index contributed by atoms with van der Waals surface area (Å²) in [6, 6.07) is -0.821. The first-order valence-corrected chi connectivity index (χ1v) is 9.57. The van der Waals surface area contributed by atoms with E-state index in [2.05, 4.69) is 29.5 Å². The van der Waals surface area contributed by atoms with Crippen LogP contribution in [0.5, 0.6) is 0 Å². The van der Waals surface area contributed by atoms with E-state index in [4.69, 9.17) is 4.74 Å². The number of amides is 2. The van der Waals surface area contributed by atoms with Gasteiger partial charge < -0.3 is 15.4 Å². The first kappa shape index (κ1) is 21.4. The summed E-state index contributed by atoms with van der Waals surface area (Å²) in [5.41, 5.74) is -0.608. The van der Waals surface area contributed by atoms with E-state index in [0.29, 0.717) is 5.92 Å². The highest BCUT2D eigenvalue weighted by Gasteiger charge is 2.29. The van der Waals surface area contributed by atoms with Crippen molar-refractivity contribution in [3.05, 3.63) is 16.6 Å². The average Bonchev–Trinajstić information content (AvgIpc) is 2.95. The summed E-state index contributed by atoms with van der Waals surface area (Å²) >= 11 is 1.52. The zero-order valence-corrected chi connectivity index (χ0v) is 17.1. The summed E-state index contributed by atoms with van der Waals surface area (Å²) < 4.78 is 5.27. The fourth-order valence-corrected chi connectivity index (χ4v) is 3.03. The van der Waals surface area contributed by atoms with E-state index >= 15 is 0 Å².